The van der Waals surface area contributed by atoms with Crippen molar-refractivity contribution in [3.8, 4) is 0 Å². The third-order valence-electron chi connectivity index (χ3n) is 2.01. The zero-order valence-electron chi connectivity index (χ0n) is 9.52. The molecule has 0 saturated heterocycles. The number of ether oxygens (including phenoxy) is 1. The van der Waals surface area contributed by atoms with Gasteiger partial charge in [-0.3, -0.25) is 14.5 Å². The Bertz CT molecular complexity index is 217. The number of methoxy groups -OCH3 is 1. The number of carboxylic acids is 1. The molecule has 0 spiro atoms. The van der Waals surface area contributed by atoms with Crippen LogP contribution in [0.4, 0.5) is 0 Å². The Morgan fingerprint density at radius 1 is 1.47 bits per heavy atom. The number of Topliss-reactive ketones (excluding diaryl/α,β-unsaturated/α-hetero) is 1. The lowest BCUT2D eigenvalue weighted by Gasteiger charge is -2.22. The molecule has 0 saturated carbocycles. The molecule has 0 aliphatic heterocycles. The summed E-state index contributed by atoms with van der Waals surface area (Å²) < 4.78 is 4.90. The van der Waals surface area contributed by atoms with Crippen LogP contribution >= 0.6 is 0 Å². The van der Waals surface area contributed by atoms with Gasteiger partial charge in [0.05, 0.1) is 19.1 Å². The average Bonchev–Trinajstić information content (AvgIpc) is 2.13. The molecule has 5 nitrogen and oxygen atoms in total. The van der Waals surface area contributed by atoms with Gasteiger partial charge in [-0.1, -0.05) is 6.92 Å². The SMILES string of the molecule is COCCN(CC(C)=O)CC(C)C(=O)O. The average molecular weight is 217 g/mol. The molecule has 15 heavy (non-hydrogen) atoms. The molecule has 0 aromatic rings. The summed E-state index contributed by atoms with van der Waals surface area (Å²) in [6.07, 6.45) is 0. The van der Waals surface area contributed by atoms with Gasteiger partial charge in [-0.25, -0.2) is 0 Å². The molecular weight excluding hydrogens is 198 g/mol. The van der Waals surface area contributed by atoms with Crippen LogP contribution in [0.1, 0.15) is 13.8 Å². The minimum Gasteiger partial charge on any atom is -0.481 e. The van der Waals surface area contributed by atoms with Gasteiger partial charge in [0, 0.05) is 20.2 Å². The smallest absolute Gasteiger partial charge is 0.307 e. The highest BCUT2D eigenvalue weighted by atomic mass is 16.5. The second-order valence-corrected chi connectivity index (χ2v) is 3.67. The minimum absolute atomic E-state index is 0.0312. The van der Waals surface area contributed by atoms with Crippen molar-refractivity contribution >= 4 is 11.8 Å². The van der Waals surface area contributed by atoms with Crippen LogP contribution in [0.15, 0.2) is 0 Å². The molecule has 0 amide bonds. The number of nitrogens with zero attached hydrogens (tertiary/aromatic N) is 1. The van der Waals surface area contributed by atoms with Crippen LogP contribution in [0, 0.1) is 5.92 Å². The molecule has 0 rings (SSSR count). The van der Waals surface area contributed by atoms with E-state index in [0.717, 1.165) is 0 Å². The number of hydrogen-bond acceptors (Lipinski definition) is 4. The fourth-order valence-electron chi connectivity index (χ4n) is 1.24. The second-order valence-electron chi connectivity index (χ2n) is 3.67. The number of aliphatic carboxylic acids is 1. The summed E-state index contributed by atoms with van der Waals surface area (Å²) in [5, 5.41) is 8.75. The molecule has 0 aromatic heterocycles. The molecule has 0 heterocycles. The van der Waals surface area contributed by atoms with E-state index in [4.69, 9.17) is 9.84 Å². The summed E-state index contributed by atoms with van der Waals surface area (Å²) >= 11 is 0. The topological polar surface area (TPSA) is 66.8 Å². The first kappa shape index (κ1) is 14.1. The summed E-state index contributed by atoms with van der Waals surface area (Å²) in [6.45, 7) is 4.85. The van der Waals surface area contributed by atoms with Crippen LogP contribution in [0.25, 0.3) is 0 Å². The van der Waals surface area contributed by atoms with Crippen molar-refractivity contribution in [1.29, 1.82) is 0 Å². The molecule has 88 valence electrons. The number of hydrogen-bond donors (Lipinski definition) is 1. The zero-order chi connectivity index (χ0) is 11.8. The highest BCUT2D eigenvalue weighted by molar-refractivity contribution is 5.77. The predicted octanol–water partition coefficient (Wildman–Crippen LogP) is 0.245. The van der Waals surface area contributed by atoms with E-state index in [0.29, 0.717) is 19.7 Å². The van der Waals surface area contributed by atoms with Crippen molar-refractivity contribution in [2.24, 2.45) is 5.92 Å². The molecule has 0 aliphatic carbocycles. The van der Waals surface area contributed by atoms with E-state index in [2.05, 4.69) is 0 Å². The number of carboxylic acid groups (broad SMARTS) is 1. The van der Waals surface area contributed by atoms with E-state index in [1.54, 1.807) is 18.9 Å². The van der Waals surface area contributed by atoms with E-state index in [1.807, 2.05) is 0 Å². The first-order valence-electron chi connectivity index (χ1n) is 4.91. The summed E-state index contributed by atoms with van der Waals surface area (Å²) in [5.41, 5.74) is 0. The molecule has 5 heteroatoms. The number of carbonyl (C=O) groups is 2. The third kappa shape index (κ3) is 7.04. The third-order valence-corrected chi connectivity index (χ3v) is 2.01. The van der Waals surface area contributed by atoms with Gasteiger partial charge in [0.15, 0.2) is 0 Å². The molecule has 0 fully saturated rings. The van der Waals surface area contributed by atoms with Crippen molar-refractivity contribution in [2.75, 3.05) is 33.4 Å². The van der Waals surface area contributed by atoms with Crippen LogP contribution in [0.3, 0.4) is 0 Å². The molecule has 1 N–H and O–H groups in total. The van der Waals surface area contributed by atoms with Crippen LogP contribution in [-0.2, 0) is 14.3 Å². The van der Waals surface area contributed by atoms with Crippen LogP contribution < -0.4 is 0 Å². The largest absolute Gasteiger partial charge is 0.481 e. The van der Waals surface area contributed by atoms with Gasteiger partial charge in [-0.2, -0.15) is 0 Å². The predicted molar refractivity (Wildman–Crippen MR) is 55.8 cm³/mol. The molecule has 1 unspecified atom stereocenters. The Hall–Kier alpha value is -0.940. The minimum atomic E-state index is -0.846. The molecular formula is C10H19NO4. The van der Waals surface area contributed by atoms with Gasteiger partial charge in [-0.15, -0.1) is 0 Å². The first-order chi connectivity index (χ1) is 6.97. The fourth-order valence-corrected chi connectivity index (χ4v) is 1.24. The maximum atomic E-state index is 10.9. The molecule has 0 aromatic carbocycles. The molecule has 0 bridgehead atoms. The number of rotatable bonds is 8. The summed E-state index contributed by atoms with van der Waals surface area (Å²) in [4.78, 5) is 23.4. The van der Waals surface area contributed by atoms with Crippen molar-refractivity contribution in [3.05, 3.63) is 0 Å². The highest BCUT2D eigenvalue weighted by Crippen LogP contribution is 2.00. The quantitative estimate of drug-likeness (QED) is 0.631. The fraction of sp³-hybridized carbons (Fsp3) is 0.800. The van der Waals surface area contributed by atoms with Gasteiger partial charge < -0.3 is 9.84 Å². The zero-order valence-corrected chi connectivity index (χ0v) is 9.52. The summed E-state index contributed by atoms with van der Waals surface area (Å²) in [7, 11) is 1.58. The molecule has 1 atom stereocenters. The standard InChI is InChI=1S/C10H19NO4/c1-8(10(13)14)6-11(4-5-15-3)7-9(2)12/h8H,4-7H2,1-3H3,(H,13,14). The summed E-state index contributed by atoms with van der Waals surface area (Å²) in [5.74, 6) is -1.29. The van der Waals surface area contributed by atoms with E-state index < -0.39 is 11.9 Å². The Morgan fingerprint density at radius 3 is 2.47 bits per heavy atom. The van der Waals surface area contributed by atoms with E-state index in [9.17, 15) is 9.59 Å². The van der Waals surface area contributed by atoms with E-state index in [1.165, 1.54) is 6.92 Å². The lowest BCUT2D eigenvalue weighted by atomic mass is 10.1. The Morgan fingerprint density at radius 2 is 2.07 bits per heavy atom. The lowest BCUT2D eigenvalue weighted by molar-refractivity contribution is -0.142. The van der Waals surface area contributed by atoms with Gasteiger partial charge in [-0.05, 0) is 6.92 Å². The Kier molecular flexibility index (Phi) is 6.90. The number of ketones is 1. The normalized spacial score (nSPS) is 12.8. The Balaban J connectivity index is 4.10. The van der Waals surface area contributed by atoms with Gasteiger partial charge in [0.1, 0.15) is 5.78 Å². The molecule has 0 radical (unpaired) electrons. The maximum Gasteiger partial charge on any atom is 0.307 e. The van der Waals surface area contributed by atoms with Gasteiger partial charge in [0.2, 0.25) is 0 Å². The van der Waals surface area contributed by atoms with Crippen molar-refractivity contribution < 1.29 is 19.4 Å². The lowest BCUT2D eigenvalue weighted by Crippen LogP contribution is -2.37. The van der Waals surface area contributed by atoms with Crippen LogP contribution in [0.5, 0.6) is 0 Å². The van der Waals surface area contributed by atoms with E-state index in [-0.39, 0.29) is 12.3 Å². The molecule has 0 aliphatic rings. The second kappa shape index (κ2) is 7.36. The Labute approximate surface area is 90.0 Å². The maximum absolute atomic E-state index is 10.9. The highest BCUT2D eigenvalue weighted by Gasteiger charge is 2.16. The van der Waals surface area contributed by atoms with Crippen molar-refractivity contribution in [1.82, 2.24) is 4.90 Å². The van der Waals surface area contributed by atoms with Gasteiger partial charge in [0.25, 0.3) is 0 Å². The van der Waals surface area contributed by atoms with Gasteiger partial charge >= 0.3 is 5.97 Å². The van der Waals surface area contributed by atoms with Crippen molar-refractivity contribution in [3.63, 3.8) is 0 Å². The van der Waals surface area contributed by atoms with Crippen molar-refractivity contribution in [2.45, 2.75) is 13.8 Å². The monoisotopic (exact) mass is 217 g/mol. The summed E-state index contributed by atoms with van der Waals surface area (Å²) in [6, 6.07) is 0. The van der Waals surface area contributed by atoms with E-state index >= 15 is 0 Å². The van der Waals surface area contributed by atoms with Crippen LogP contribution in [-0.4, -0.2) is 55.1 Å². The number of carbonyl (C=O) groups excluding carboxylic acids is 1. The van der Waals surface area contributed by atoms with Crippen LogP contribution in [0.2, 0.25) is 0 Å². The first-order valence-corrected chi connectivity index (χ1v) is 4.91.